The number of ether oxygens (including phenoxy) is 1. The van der Waals surface area contributed by atoms with Gasteiger partial charge in [0.05, 0.1) is 19.1 Å². The van der Waals surface area contributed by atoms with Crippen LogP contribution in [0.25, 0.3) is 0 Å². The van der Waals surface area contributed by atoms with Crippen molar-refractivity contribution in [2.45, 2.75) is 32.7 Å². The third kappa shape index (κ3) is 4.43. The molecule has 2 fully saturated rings. The highest BCUT2D eigenvalue weighted by atomic mass is 16.5. The third-order valence-corrected chi connectivity index (χ3v) is 4.28. The molecule has 2 aliphatic heterocycles. The van der Waals surface area contributed by atoms with Crippen LogP contribution in [0, 0.1) is 11.8 Å². The van der Waals surface area contributed by atoms with Gasteiger partial charge in [0, 0.05) is 19.1 Å². The molecular formula is C15H29N3O2. The van der Waals surface area contributed by atoms with Crippen LogP contribution in [-0.2, 0) is 9.53 Å². The maximum absolute atomic E-state index is 12.2. The fraction of sp³-hybridized carbons (Fsp3) is 0.933. The number of rotatable bonds is 7. The second-order valence-electron chi connectivity index (χ2n) is 6.17. The van der Waals surface area contributed by atoms with Crippen LogP contribution in [0.3, 0.4) is 0 Å². The van der Waals surface area contributed by atoms with Gasteiger partial charge in [-0.05, 0) is 38.4 Å². The largest absolute Gasteiger partial charge is 0.379 e. The van der Waals surface area contributed by atoms with Crippen LogP contribution in [0.4, 0.5) is 0 Å². The number of likely N-dealkylation sites (N-methyl/N-ethyl adjacent to an activating group) is 1. The first-order chi connectivity index (χ1) is 9.70. The molecule has 3 atom stereocenters. The van der Waals surface area contributed by atoms with Crippen molar-refractivity contribution >= 4 is 5.91 Å². The van der Waals surface area contributed by atoms with E-state index in [-0.39, 0.29) is 17.9 Å². The molecule has 2 heterocycles. The van der Waals surface area contributed by atoms with Gasteiger partial charge >= 0.3 is 0 Å². The highest BCUT2D eigenvalue weighted by molar-refractivity contribution is 5.79. The van der Waals surface area contributed by atoms with E-state index in [1.54, 1.807) is 0 Å². The Labute approximate surface area is 122 Å². The zero-order valence-corrected chi connectivity index (χ0v) is 12.9. The van der Waals surface area contributed by atoms with E-state index < -0.39 is 0 Å². The van der Waals surface area contributed by atoms with Gasteiger partial charge in [-0.3, -0.25) is 4.79 Å². The summed E-state index contributed by atoms with van der Waals surface area (Å²) in [4.78, 5) is 14.7. The van der Waals surface area contributed by atoms with Crippen molar-refractivity contribution in [2.75, 3.05) is 45.9 Å². The standard InChI is InChI=1S/C15H29N3O2/c1-3-16-14-11-20-10-13(14)15(19)17-8-12(2)9-18-6-4-5-7-18/h12-14,16H,3-11H2,1-2H3,(H,17,19). The number of hydrogen-bond donors (Lipinski definition) is 2. The minimum Gasteiger partial charge on any atom is -0.379 e. The second-order valence-corrected chi connectivity index (χ2v) is 6.17. The molecule has 2 rings (SSSR count). The van der Waals surface area contributed by atoms with E-state index in [4.69, 9.17) is 4.74 Å². The zero-order valence-electron chi connectivity index (χ0n) is 12.9. The Kier molecular flexibility index (Phi) is 6.26. The molecule has 0 aliphatic carbocycles. The van der Waals surface area contributed by atoms with E-state index in [9.17, 15) is 4.79 Å². The van der Waals surface area contributed by atoms with Gasteiger partial charge in [-0.25, -0.2) is 0 Å². The van der Waals surface area contributed by atoms with Crippen LogP contribution < -0.4 is 10.6 Å². The Morgan fingerprint density at radius 2 is 2.10 bits per heavy atom. The monoisotopic (exact) mass is 283 g/mol. The predicted octanol–water partition coefficient (Wildman–Crippen LogP) is 0.459. The van der Waals surface area contributed by atoms with Crippen molar-refractivity contribution in [2.24, 2.45) is 11.8 Å². The van der Waals surface area contributed by atoms with Gasteiger partial charge in [0.2, 0.25) is 5.91 Å². The average molecular weight is 283 g/mol. The smallest absolute Gasteiger partial charge is 0.227 e. The first-order valence-corrected chi connectivity index (χ1v) is 8.02. The molecule has 2 N–H and O–H groups in total. The molecular weight excluding hydrogens is 254 g/mol. The average Bonchev–Trinajstić information content (AvgIpc) is 3.08. The van der Waals surface area contributed by atoms with E-state index in [2.05, 4.69) is 29.4 Å². The Bertz CT molecular complexity index is 305. The zero-order chi connectivity index (χ0) is 14.4. The summed E-state index contributed by atoms with van der Waals surface area (Å²) in [5, 5.41) is 6.43. The molecule has 116 valence electrons. The lowest BCUT2D eigenvalue weighted by Gasteiger charge is -2.22. The molecule has 3 unspecified atom stereocenters. The summed E-state index contributed by atoms with van der Waals surface area (Å²) in [6.07, 6.45) is 2.64. The molecule has 2 saturated heterocycles. The highest BCUT2D eigenvalue weighted by Crippen LogP contribution is 2.14. The number of nitrogens with one attached hydrogen (secondary N) is 2. The molecule has 0 saturated carbocycles. The quantitative estimate of drug-likeness (QED) is 0.713. The van der Waals surface area contributed by atoms with Crippen molar-refractivity contribution in [3.8, 4) is 0 Å². The SMILES string of the molecule is CCNC1COCC1C(=O)NCC(C)CN1CCCC1. The van der Waals surface area contributed by atoms with E-state index in [1.807, 2.05) is 0 Å². The Hall–Kier alpha value is -0.650. The number of amides is 1. The summed E-state index contributed by atoms with van der Waals surface area (Å²) in [5.41, 5.74) is 0. The molecule has 0 aromatic rings. The van der Waals surface area contributed by atoms with Gasteiger partial charge in [0.15, 0.2) is 0 Å². The number of hydrogen-bond acceptors (Lipinski definition) is 4. The summed E-state index contributed by atoms with van der Waals surface area (Å²) < 4.78 is 5.43. The molecule has 0 spiro atoms. The summed E-state index contributed by atoms with van der Waals surface area (Å²) in [5.74, 6) is 0.618. The van der Waals surface area contributed by atoms with Crippen LogP contribution in [0.15, 0.2) is 0 Å². The van der Waals surface area contributed by atoms with Gasteiger partial charge in [0.1, 0.15) is 0 Å². The fourth-order valence-corrected chi connectivity index (χ4v) is 3.15. The van der Waals surface area contributed by atoms with Crippen molar-refractivity contribution in [1.82, 2.24) is 15.5 Å². The molecule has 0 bridgehead atoms. The van der Waals surface area contributed by atoms with Gasteiger partial charge in [0.25, 0.3) is 0 Å². The normalized spacial score (nSPS) is 28.7. The lowest BCUT2D eigenvalue weighted by Crippen LogP contribution is -2.45. The topological polar surface area (TPSA) is 53.6 Å². The summed E-state index contributed by atoms with van der Waals surface area (Å²) in [7, 11) is 0. The number of carbonyl (C=O) groups excluding carboxylic acids is 1. The lowest BCUT2D eigenvalue weighted by molar-refractivity contribution is -0.125. The number of likely N-dealkylation sites (tertiary alicyclic amines) is 1. The van der Waals surface area contributed by atoms with Crippen LogP contribution >= 0.6 is 0 Å². The highest BCUT2D eigenvalue weighted by Gasteiger charge is 2.33. The summed E-state index contributed by atoms with van der Waals surface area (Å²) in [6, 6.07) is 0.175. The molecule has 0 radical (unpaired) electrons. The fourth-order valence-electron chi connectivity index (χ4n) is 3.15. The van der Waals surface area contributed by atoms with Crippen molar-refractivity contribution in [3.05, 3.63) is 0 Å². The minimum atomic E-state index is -0.0334. The lowest BCUT2D eigenvalue weighted by atomic mass is 10.0. The van der Waals surface area contributed by atoms with Crippen LogP contribution in [0.2, 0.25) is 0 Å². The second kappa shape index (κ2) is 7.96. The maximum atomic E-state index is 12.2. The van der Waals surface area contributed by atoms with Gasteiger partial charge in [-0.15, -0.1) is 0 Å². The summed E-state index contributed by atoms with van der Waals surface area (Å²) in [6.45, 7) is 10.6. The first-order valence-electron chi connectivity index (χ1n) is 8.02. The Balaban J connectivity index is 1.68. The molecule has 0 aromatic heterocycles. The van der Waals surface area contributed by atoms with E-state index in [1.165, 1.54) is 25.9 Å². The van der Waals surface area contributed by atoms with Gasteiger partial charge in [-0.1, -0.05) is 13.8 Å². The van der Waals surface area contributed by atoms with Gasteiger partial charge in [-0.2, -0.15) is 0 Å². The van der Waals surface area contributed by atoms with E-state index in [0.29, 0.717) is 19.1 Å². The van der Waals surface area contributed by atoms with Crippen LogP contribution in [0.5, 0.6) is 0 Å². The van der Waals surface area contributed by atoms with E-state index >= 15 is 0 Å². The van der Waals surface area contributed by atoms with E-state index in [0.717, 1.165) is 19.6 Å². The van der Waals surface area contributed by atoms with Crippen LogP contribution in [0.1, 0.15) is 26.7 Å². The summed E-state index contributed by atoms with van der Waals surface area (Å²) >= 11 is 0. The molecule has 5 nitrogen and oxygen atoms in total. The third-order valence-electron chi connectivity index (χ3n) is 4.28. The van der Waals surface area contributed by atoms with Crippen molar-refractivity contribution < 1.29 is 9.53 Å². The maximum Gasteiger partial charge on any atom is 0.227 e. The predicted molar refractivity (Wildman–Crippen MR) is 79.6 cm³/mol. The first kappa shape index (κ1) is 15.7. The molecule has 0 aromatic carbocycles. The Morgan fingerprint density at radius 1 is 1.35 bits per heavy atom. The Morgan fingerprint density at radius 3 is 2.80 bits per heavy atom. The molecule has 20 heavy (non-hydrogen) atoms. The molecule has 2 aliphatic rings. The van der Waals surface area contributed by atoms with Gasteiger partial charge < -0.3 is 20.3 Å². The number of carbonyl (C=O) groups is 1. The van der Waals surface area contributed by atoms with Crippen molar-refractivity contribution in [1.29, 1.82) is 0 Å². The van der Waals surface area contributed by atoms with Crippen molar-refractivity contribution in [3.63, 3.8) is 0 Å². The molecule has 5 heteroatoms. The number of nitrogens with zero attached hydrogens (tertiary/aromatic N) is 1. The minimum absolute atomic E-state index is 0.0334. The van der Waals surface area contributed by atoms with Crippen LogP contribution in [-0.4, -0.2) is 62.8 Å². The molecule has 1 amide bonds.